The number of Topliss-reactive ketones (excluding diaryl/α,β-unsaturated/α-hetero) is 3. The third-order valence-electron chi connectivity index (χ3n) is 10.5. The van der Waals surface area contributed by atoms with E-state index < -0.39 is 15.8 Å². The summed E-state index contributed by atoms with van der Waals surface area (Å²) in [5, 5.41) is 26.0. The van der Waals surface area contributed by atoms with Crippen LogP contribution in [0.5, 0.6) is 17.2 Å². The third kappa shape index (κ3) is 28.7. The summed E-state index contributed by atoms with van der Waals surface area (Å²) in [5.41, 5.74) is 12.1. The summed E-state index contributed by atoms with van der Waals surface area (Å²) in [6.07, 6.45) is 8.57. The van der Waals surface area contributed by atoms with E-state index in [2.05, 4.69) is 51.7 Å². The molecule has 25 heteroatoms. The minimum Gasteiger partial charge on any atom is -1.00 e. The van der Waals surface area contributed by atoms with Crippen molar-refractivity contribution in [3.8, 4) is 29.4 Å². The zero-order valence-corrected chi connectivity index (χ0v) is 51.9. The number of nitrogens with zero attached hydrogens (tertiary/aromatic N) is 7. The van der Waals surface area contributed by atoms with E-state index >= 15 is 0 Å². The van der Waals surface area contributed by atoms with Crippen LogP contribution in [0, 0.1) is 35.9 Å². The van der Waals surface area contributed by atoms with Crippen LogP contribution < -0.4 is 53.0 Å². The number of pyridine rings is 5. The van der Waals surface area contributed by atoms with Crippen molar-refractivity contribution in [3.63, 3.8) is 0 Å². The molecule has 3 aromatic carbocycles. The average molecular weight is 1220 g/mol. The Morgan fingerprint density at radius 2 is 0.860 bits per heavy atom. The van der Waals surface area contributed by atoms with Gasteiger partial charge in [-0.05, 0) is 114 Å². The summed E-state index contributed by atoms with van der Waals surface area (Å²) in [7, 11) is 1.56. The molecular formula is C61H66ClFMgN12O9S. The van der Waals surface area contributed by atoms with Gasteiger partial charge in [0.05, 0.1) is 50.3 Å². The second-order valence-electron chi connectivity index (χ2n) is 16.8. The number of anilines is 4. The zero-order chi connectivity index (χ0) is 61.2. The number of methoxy groups -OCH3 is 3. The monoisotopic (exact) mass is 1220 g/mol. The second-order valence-corrected chi connectivity index (χ2v) is 18.6. The zero-order valence-electron chi connectivity index (χ0n) is 49.0. The molecule has 0 aliphatic rings. The molecule has 0 radical (unpaired) electrons. The molecule has 446 valence electrons. The summed E-state index contributed by atoms with van der Waals surface area (Å²) < 4.78 is 51.6. The third-order valence-corrected chi connectivity index (χ3v) is 11.1. The number of ether oxygens (including phenoxy) is 3. The maximum atomic E-state index is 12.3. The molecule has 0 aliphatic carbocycles. The molecule has 0 bridgehead atoms. The largest absolute Gasteiger partial charge is 2.00 e. The predicted molar refractivity (Wildman–Crippen MR) is 327 cm³/mol. The van der Waals surface area contributed by atoms with Crippen LogP contribution in [0.15, 0.2) is 164 Å². The normalized spacial score (nSPS) is 9.40. The van der Waals surface area contributed by atoms with Gasteiger partial charge in [0.25, 0.3) is 0 Å². The fraction of sp³-hybridized carbons (Fsp3) is 0.180. The number of hydrogen-bond donors (Lipinski definition) is 5. The van der Waals surface area contributed by atoms with Gasteiger partial charge in [-0.2, -0.15) is 10.5 Å². The number of nitrogens with two attached hydrogens (primary N) is 1. The van der Waals surface area contributed by atoms with Crippen LogP contribution in [0.4, 0.5) is 27.1 Å². The molecule has 5 aromatic heterocycles. The summed E-state index contributed by atoms with van der Waals surface area (Å²) in [5.74, 6) is 1.26. The smallest absolute Gasteiger partial charge is 1.00 e. The van der Waals surface area contributed by atoms with Crippen LogP contribution in [0.2, 0.25) is 0 Å². The van der Waals surface area contributed by atoms with Gasteiger partial charge >= 0.3 is 23.1 Å². The summed E-state index contributed by atoms with van der Waals surface area (Å²) in [6.45, 7) is 7.51. The number of amides is 1. The Bertz CT molecular complexity index is 3560. The molecule has 0 spiro atoms. The molecule has 0 saturated carbocycles. The fourth-order valence-corrected chi connectivity index (χ4v) is 7.08. The van der Waals surface area contributed by atoms with Gasteiger partial charge in [0.1, 0.15) is 46.5 Å². The molecule has 0 saturated heterocycles. The Hall–Kier alpha value is -9.43. The van der Waals surface area contributed by atoms with Crippen LogP contribution in [0.3, 0.4) is 0 Å². The molecule has 0 fully saturated rings. The minimum atomic E-state index is -3.38. The van der Waals surface area contributed by atoms with Crippen molar-refractivity contribution in [1.29, 1.82) is 10.5 Å². The number of aromatic nitrogens is 5. The van der Waals surface area contributed by atoms with E-state index in [9.17, 15) is 32.0 Å². The number of benzene rings is 3. The Balaban J connectivity index is 0.00000102. The quantitative estimate of drug-likeness (QED) is 0.0382. The van der Waals surface area contributed by atoms with Crippen molar-refractivity contribution in [2.75, 3.05) is 48.3 Å². The molecule has 21 nitrogen and oxygen atoms in total. The Kier molecular flexibility index (Phi) is 37.0. The van der Waals surface area contributed by atoms with Gasteiger partial charge < -0.3 is 55.7 Å². The Morgan fingerprint density at radius 3 is 1.22 bits per heavy atom. The van der Waals surface area contributed by atoms with E-state index in [0.717, 1.165) is 51.6 Å². The molecule has 0 unspecified atom stereocenters. The number of rotatable bonds is 16. The van der Waals surface area contributed by atoms with Crippen molar-refractivity contribution >= 4 is 79.1 Å². The number of nitriles is 2. The number of carbonyl (C=O) groups excluding carboxylic acids is 4. The number of sulfonamides is 1. The van der Waals surface area contributed by atoms with Gasteiger partial charge in [-0.3, -0.25) is 38.9 Å². The van der Waals surface area contributed by atoms with Gasteiger partial charge in [-0.25, -0.2) is 22.8 Å². The molecular weight excluding hydrogens is 1160 g/mol. The molecule has 8 rings (SSSR count). The molecule has 6 N–H and O–H groups in total. The summed E-state index contributed by atoms with van der Waals surface area (Å²) in [6, 6.07) is 43.3. The van der Waals surface area contributed by atoms with Crippen molar-refractivity contribution in [3.05, 3.63) is 223 Å². The van der Waals surface area contributed by atoms with E-state index in [1.807, 2.05) is 91.0 Å². The first-order valence-electron chi connectivity index (χ1n) is 24.8. The second kappa shape index (κ2) is 41.5. The molecule has 0 atom stereocenters. The van der Waals surface area contributed by atoms with Crippen LogP contribution in [0.1, 0.15) is 87.2 Å². The summed E-state index contributed by atoms with van der Waals surface area (Å²) in [4.78, 5) is 63.5. The van der Waals surface area contributed by atoms with E-state index in [-0.39, 0.29) is 88.9 Å². The van der Waals surface area contributed by atoms with Gasteiger partial charge in [0.15, 0.2) is 34.6 Å². The van der Waals surface area contributed by atoms with Crippen LogP contribution in [0.25, 0.3) is 0 Å². The first-order chi connectivity index (χ1) is 39.7. The Labute approximate surface area is 523 Å². The molecule has 5 heterocycles. The van der Waals surface area contributed by atoms with Crippen molar-refractivity contribution in [2.24, 2.45) is 5.73 Å². The van der Waals surface area contributed by atoms with Gasteiger partial charge in [-0.1, -0.05) is 36.4 Å². The number of carbonyl (C=O) groups is 4. The predicted octanol–water partition coefficient (Wildman–Crippen LogP) is 6.70. The van der Waals surface area contributed by atoms with Gasteiger partial charge in [0, 0.05) is 78.3 Å². The first kappa shape index (κ1) is 76.6. The van der Waals surface area contributed by atoms with Crippen molar-refractivity contribution in [1.82, 2.24) is 24.9 Å². The Morgan fingerprint density at radius 1 is 0.523 bits per heavy atom. The van der Waals surface area contributed by atoms with E-state index in [0.29, 0.717) is 36.7 Å². The maximum absolute atomic E-state index is 12.3. The molecule has 86 heavy (non-hydrogen) atoms. The van der Waals surface area contributed by atoms with E-state index in [1.54, 1.807) is 64.1 Å². The van der Waals surface area contributed by atoms with Gasteiger partial charge in [-0.15, -0.1) is 0 Å². The minimum absolute atomic E-state index is 0. The summed E-state index contributed by atoms with van der Waals surface area (Å²) >= 11 is 0. The van der Waals surface area contributed by atoms with Crippen LogP contribution in [-0.4, -0.2) is 107 Å². The standard InChI is InChI=1S/C15H16N2O2.C14H13N3O.C9H10N2O2.C8H10N2O3S.C8H11NO.C6H3FN2.CH3.ClH.Mg/c1-11(18)15-14(4-3-9-16-15)17-10-12-5-7-13(19-2)8-6-12;1-18-12-6-4-11(5-7-12)10-17-13-3-2-8-16-14(13)9-15;1-6(12)9-8(11-7(2)13)4-3-5-10-9;1-6(11)8-7(4-3-5-9-8)10-14(2,12)13;1-10-8-4-2-7(6-9)3-5-8;7-5-2-1-3-9-6(5)4-8;;;/h3-9,17H,10H2,1-2H3;2-8,17H,10H2,1H3;3-5H,1-2H3,(H,11,13);3-5,10H,1-2H3;2-5H,6,9H2,1H3;1-3H;1H3;1H;/q;;;;;;-1;;+2/p-1. The number of hydrogen-bond acceptors (Lipinski definition) is 19. The van der Waals surface area contributed by atoms with Crippen LogP contribution in [-0.2, 0) is 34.5 Å². The number of nitrogens with one attached hydrogen (secondary N) is 4. The SMILES string of the molecule is CC(=O)Nc1cccnc1C(C)=O.CC(=O)c1ncccc1NS(C)(=O)=O.COc1ccc(CN)cc1.COc1ccc(CNc2cccnc2C#N)cc1.COc1ccc(CNc2cccnc2C(C)=O)cc1.N#Cc1ncccc1F.[CH3-].[Cl-].[Mg+2]. The van der Waals surface area contributed by atoms with Crippen LogP contribution >= 0.6 is 0 Å². The molecule has 0 aliphatic heterocycles. The average Bonchev–Trinajstić information content (AvgIpc) is 3.65. The van der Waals surface area contributed by atoms with Gasteiger partial charge in [0.2, 0.25) is 15.9 Å². The van der Waals surface area contributed by atoms with Crippen molar-refractivity contribution < 1.29 is 58.6 Å². The first-order valence-corrected chi connectivity index (χ1v) is 26.7. The maximum Gasteiger partial charge on any atom is 2.00 e. The topological polar surface area (TPSA) is 316 Å². The van der Waals surface area contributed by atoms with E-state index in [4.69, 9.17) is 30.5 Å². The van der Waals surface area contributed by atoms with Crippen molar-refractivity contribution in [2.45, 2.75) is 47.3 Å². The van der Waals surface area contributed by atoms with E-state index in [1.165, 1.54) is 64.5 Å². The number of ketones is 3. The fourth-order valence-electron chi connectivity index (χ4n) is 6.52. The molecule has 8 aromatic rings. The number of halogens is 2. The molecule has 1 amide bonds.